The maximum Gasteiger partial charge on any atom is -0.00268 e. The van der Waals surface area contributed by atoms with Crippen molar-refractivity contribution in [1.29, 1.82) is 0 Å². The second-order valence-corrected chi connectivity index (χ2v) is 4.29. The number of benzene rings is 4. The molecule has 0 nitrogen and oxygen atoms in total. The van der Waals surface area contributed by atoms with Gasteiger partial charge in [0.25, 0.3) is 0 Å². The van der Waals surface area contributed by atoms with Crippen LogP contribution in [0.2, 0.25) is 0 Å². The van der Waals surface area contributed by atoms with E-state index in [-0.39, 0.29) is 0 Å². The van der Waals surface area contributed by atoms with Gasteiger partial charge < -0.3 is 0 Å². The highest BCUT2D eigenvalue weighted by molar-refractivity contribution is 6.22. The largest absolute Gasteiger partial charge is 0.0610 e. The molecule has 0 aliphatic carbocycles. The summed E-state index contributed by atoms with van der Waals surface area (Å²) < 4.78 is 0. The van der Waals surface area contributed by atoms with Crippen LogP contribution in [0, 0.1) is 0 Å². The smallest absolute Gasteiger partial charge is 0.00268 e. The highest BCUT2D eigenvalue weighted by atomic mass is 15.1. The van der Waals surface area contributed by atoms with Gasteiger partial charge in [0, 0.05) is 0 Å². The average molecular weight is 210 g/mol. The Labute approximate surface area is 93.5 Å². The van der Waals surface area contributed by atoms with Crippen molar-refractivity contribution in [1.82, 2.24) is 0 Å². The van der Waals surface area contributed by atoms with Gasteiger partial charge in [0.1, 0.15) is 0 Å². The molecular weight excluding hydrogens is 200 g/mol. The Bertz CT molecular complexity index is 667. The molecule has 0 bridgehead atoms. The Morgan fingerprint density at radius 1 is 0.500 bits per heavy atom. The van der Waals surface area contributed by atoms with Crippen molar-refractivity contribution in [2.75, 3.05) is 0 Å². The number of hydrogen-bond donors (Lipinski definition) is 0. The fourth-order valence-electron chi connectivity index (χ4n) is 2.67. The minimum absolute atomic E-state index is 1.34. The fraction of sp³-hybridized carbons (Fsp3) is 0. The van der Waals surface area contributed by atoms with Crippen molar-refractivity contribution >= 4 is 32.3 Å². The first-order chi connectivity index (χ1) is 7.93. The van der Waals surface area contributed by atoms with Crippen molar-refractivity contribution in [2.45, 2.75) is 0 Å². The molecule has 0 heteroatoms. The van der Waals surface area contributed by atoms with Crippen LogP contribution < -0.4 is 0 Å². The third kappa shape index (κ3) is 0.892. The van der Waals surface area contributed by atoms with Gasteiger partial charge in [-0.15, -0.1) is 0 Å². The summed E-state index contributed by atoms with van der Waals surface area (Å²) in [6.45, 7) is 0. The van der Waals surface area contributed by atoms with E-state index in [4.69, 9.17) is 0 Å². The first-order valence-corrected chi connectivity index (χ1v) is 5.56. The molecule has 4 aromatic carbocycles. The van der Waals surface area contributed by atoms with Gasteiger partial charge in [-0.2, -0.15) is 0 Å². The van der Waals surface area contributed by atoms with Gasteiger partial charge in [-0.05, 0) is 32.3 Å². The van der Waals surface area contributed by atoms with Crippen LogP contribution in [-0.2, 0) is 0 Å². The maximum atomic E-state index is 2.21. The Hall–Kier alpha value is -2.08. The molecule has 0 aromatic heterocycles. The van der Waals surface area contributed by atoms with Gasteiger partial charge in [-0.25, -0.2) is 0 Å². The van der Waals surface area contributed by atoms with E-state index < -0.39 is 0 Å². The molecule has 0 aliphatic heterocycles. The van der Waals surface area contributed by atoms with Crippen LogP contribution in [0.4, 0.5) is 0 Å². The van der Waals surface area contributed by atoms with Crippen LogP contribution in [0.1, 0.15) is 0 Å². The predicted molar refractivity (Wildman–Crippen MR) is 70.1 cm³/mol. The Balaban J connectivity index is 2.51. The average Bonchev–Trinajstić information content (AvgIpc) is 2.36. The fourth-order valence-corrected chi connectivity index (χ4v) is 2.67. The van der Waals surface area contributed by atoms with Crippen LogP contribution in [0.3, 0.4) is 0 Å². The first kappa shape index (κ1) is 8.12. The third-order valence-corrected chi connectivity index (χ3v) is 3.39. The summed E-state index contributed by atoms with van der Waals surface area (Å²) in [5.74, 6) is 0. The predicted octanol–water partition coefficient (Wildman–Crippen LogP) is 4.58. The van der Waals surface area contributed by atoms with E-state index in [1.165, 1.54) is 32.3 Å². The number of hydrogen-bond acceptors (Lipinski definition) is 0. The van der Waals surface area contributed by atoms with Gasteiger partial charge in [-0.3, -0.25) is 0 Å². The summed E-state index contributed by atoms with van der Waals surface area (Å²) in [5, 5.41) is 8.14. The summed E-state index contributed by atoms with van der Waals surface area (Å²) in [6, 6.07) is 21.9. The summed E-state index contributed by atoms with van der Waals surface area (Å²) in [7, 11) is 0. The monoisotopic (exact) mass is 210 g/mol. The summed E-state index contributed by atoms with van der Waals surface area (Å²) in [4.78, 5) is 0. The SMILES string of the molecule is c1cc2[14cH][14cH]c3cccc4[14cH][14cH]c(c1)c2c34. The molecule has 0 fully saturated rings. The van der Waals surface area contributed by atoms with E-state index in [2.05, 4.69) is 60.7 Å². The van der Waals surface area contributed by atoms with Crippen LogP contribution in [0.15, 0.2) is 60.7 Å². The van der Waals surface area contributed by atoms with Gasteiger partial charge in [0.15, 0.2) is 0 Å². The lowest BCUT2D eigenvalue weighted by Gasteiger charge is -2.09. The van der Waals surface area contributed by atoms with Gasteiger partial charge in [0.05, 0.1) is 0 Å². The van der Waals surface area contributed by atoms with Crippen LogP contribution in [0.25, 0.3) is 32.3 Å². The normalized spacial score (nSPS) is 11.8. The molecule has 74 valence electrons. The summed E-state index contributed by atoms with van der Waals surface area (Å²) in [5.41, 5.74) is 0. The van der Waals surface area contributed by atoms with Crippen molar-refractivity contribution < 1.29 is 0 Å². The van der Waals surface area contributed by atoms with E-state index in [1.54, 1.807) is 0 Å². The topological polar surface area (TPSA) is 0 Å². The Kier molecular flexibility index (Phi) is 1.39. The molecule has 0 amide bonds. The standard InChI is InChI=1S/C16H10/c1-3-11-7-9-13-5-2-6-14-10-8-12(4-1)15(11)16(13)14/h1-10H/i7+2,8+2,9+2,10+2. The molecule has 0 spiro atoms. The third-order valence-electron chi connectivity index (χ3n) is 3.39. The van der Waals surface area contributed by atoms with E-state index >= 15 is 0 Å². The van der Waals surface area contributed by atoms with Crippen molar-refractivity contribution in [3.05, 3.63) is 60.7 Å². The van der Waals surface area contributed by atoms with E-state index in [1.807, 2.05) is 0 Å². The lowest BCUT2D eigenvalue weighted by Crippen LogP contribution is -1.82. The molecule has 0 aliphatic rings. The molecule has 4 aromatic rings. The molecule has 0 heterocycles. The first-order valence-electron chi connectivity index (χ1n) is 5.56. The molecule has 16 heavy (non-hydrogen) atoms. The van der Waals surface area contributed by atoms with Gasteiger partial charge >= 0.3 is 0 Å². The zero-order valence-corrected chi connectivity index (χ0v) is 8.77. The van der Waals surface area contributed by atoms with E-state index in [0.29, 0.717) is 0 Å². The molecule has 0 unspecified atom stereocenters. The highest BCUT2D eigenvalue weighted by Crippen LogP contribution is 2.33. The van der Waals surface area contributed by atoms with Gasteiger partial charge in [0.2, 0.25) is 0 Å². The molecule has 0 radical (unpaired) electrons. The molecular formula is C16H10. The van der Waals surface area contributed by atoms with Crippen LogP contribution >= 0.6 is 0 Å². The minimum Gasteiger partial charge on any atom is -0.0610 e. The van der Waals surface area contributed by atoms with E-state index in [0.717, 1.165) is 0 Å². The van der Waals surface area contributed by atoms with Crippen molar-refractivity contribution in [3.8, 4) is 0 Å². The van der Waals surface area contributed by atoms with Crippen molar-refractivity contribution in [2.24, 2.45) is 0 Å². The lowest BCUT2D eigenvalue weighted by molar-refractivity contribution is 1.78. The zero-order valence-electron chi connectivity index (χ0n) is 8.77. The zero-order chi connectivity index (χ0) is 10.5. The van der Waals surface area contributed by atoms with E-state index in [9.17, 15) is 0 Å². The molecule has 0 N–H and O–H groups in total. The molecule has 0 saturated heterocycles. The summed E-state index contributed by atoms with van der Waals surface area (Å²) in [6.07, 6.45) is 0. The highest BCUT2D eigenvalue weighted by Gasteiger charge is 2.05. The molecule has 0 saturated carbocycles. The lowest BCUT2D eigenvalue weighted by atomic mass is 10.1. The Morgan fingerprint density at radius 2 is 0.812 bits per heavy atom. The molecule has 4 rings (SSSR count). The number of rotatable bonds is 0. The second kappa shape index (κ2) is 2.73. The summed E-state index contributed by atoms with van der Waals surface area (Å²) >= 11 is 0. The van der Waals surface area contributed by atoms with Crippen molar-refractivity contribution in [3.63, 3.8) is 0 Å². The van der Waals surface area contributed by atoms with Gasteiger partial charge in [-0.1, -0.05) is 60.7 Å². The second-order valence-electron chi connectivity index (χ2n) is 4.29. The minimum atomic E-state index is 1.34. The van der Waals surface area contributed by atoms with Crippen LogP contribution in [0.5, 0.6) is 0 Å². The maximum absolute atomic E-state index is 2.21. The Morgan fingerprint density at radius 3 is 1.12 bits per heavy atom. The molecule has 0 atom stereocenters. The van der Waals surface area contributed by atoms with Crippen LogP contribution in [-0.4, -0.2) is 0 Å². The quantitative estimate of drug-likeness (QED) is 0.372.